The van der Waals surface area contributed by atoms with Gasteiger partial charge >= 0.3 is 39.9 Å². The third-order valence-corrected chi connectivity index (χ3v) is 0. The van der Waals surface area contributed by atoms with Gasteiger partial charge in [0, 0.05) is 0 Å². The molecule has 0 heterocycles. The first-order valence-electron chi connectivity index (χ1n) is 1.00. The molecule has 0 aliphatic carbocycles. The summed E-state index contributed by atoms with van der Waals surface area (Å²) in [5.41, 5.74) is 0. The summed E-state index contributed by atoms with van der Waals surface area (Å²) in [5.74, 6) is 0. The van der Waals surface area contributed by atoms with E-state index < -0.39 is 22.7 Å². The zero-order valence-electron chi connectivity index (χ0n) is 3.77. The van der Waals surface area contributed by atoms with Crippen molar-refractivity contribution >= 4 is 22.7 Å². The fourth-order valence-electron chi connectivity index (χ4n) is 0. The Kier molecular flexibility index (Phi) is 22.7. The van der Waals surface area contributed by atoms with Crippen LogP contribution in [0.4, 0.5) is 0 Å². The molecule has 6 nitrogen and oxygen atoms in total. The normalized spacial score (nSPS) is 7.78. The van der Waals surface area contributed by atoms with E-state index in [2.05, 4.69) is 0 Å². The molecular weight excluding hydrogens is 392 g/mol. The van der Waals surface area contributed by atoms with E-state index in [0.717, 1.165) is 0 Å². The maximum absolute atomic E-state index is 8.44. The molecule has 0 saturated heterocycles. The molecule has 0 saturated carbocycles. The Balaban J connectivity index is -0.0000000720. The summed E-state index contributed by atoms with van der Waals surface area (Å²) in [4.78, 5) is 0. The molecule has 0 aromatic rings. The molecule has 0 rings (SSSR count). The predicted octanol–water partition coefficient (Wildman–Crippen LogP) is -2.01. The molecule has 0 N–H and O–H groups in total. The first-order chi connectivity index (χ1) is 3.46. The van der Waals surface area contributed by atoms with Crippen LogP contribution in [0.15, 0.2) is 0 Å². The van der Waals surface area contributed by atoms with Gasteiger partial charge in [0.25, 0.3) is 0 Å². The molecule has 0 amide bonds. The van der Waals surface area contributed by atoms with Crippen molar-refractivity contribution < 1.29 is 66.6 Å². The van der Waals surface area contributed by atoms with Crippen molar-refractivity contribution in [1.82, 2.24) is 0 Å². The number of hydrogen-bond acceptors (Lipinski definition) is 6. The first-order valence-corrected chi connectivity index (χ1v) is 3.00. The Morgan fingerprint density at radius 2 is 0.778 bits per heavy atom. The van der Waals surface area contributed by atoms with Gasteiger partial charge in [-0.3, -0.25) is 8.42 Å². The van der Waals surface area contributed by atoms with E-state index in [1.54, 1.807) is 0 Å². The Morgan fingerprint density at radius 3 is 0.778 bits per heavy atom. The molecule has 0 atom stereocenters. The third kappa shape index (κ3) is 246. The molecule has 0 spiro atoms. The average molecular weight is 392 g/mol. The largest absolute Gasteiger partial charge is 4.00 e. The van der Waals surface area contributed by atoms with E-state index in [1.165, 1.54) is 0 Å². The maximum Gasteiger partial charge on any atom is 4.00 e. The summed E-state index contributed by atoms with van der Waals surface area (Å²) in [6.07, 6.45) is 0. The van der Waals surface area contributed by atoms with Crippen LogP contribution in [-0.2, 0) is 22.7 Å². The second-order valence-electron chi connectivity index (χ2n) is 0.408. The van der Waals surface area contributed by atoms with Crippen LogP contribution < -0.4 is 0 Å². The molecule has 0 bridgehead atoms. The number of rotatable bonds is 0. The molecule has 0 fully saturated rings. The van der Waals surface area contributed by atoms with Gasteiger partial charge in [0.1, 0.15) is 0 Å². The third-order valence-electron chi connectivity index (χ3n) is 0. The van der Waals surface area contributed by atoms with Gasteiger partial charge < -0.3 is 18.2 Å². The van der Waals surface area contributed by atoms with Crippen molar-refractivity contribution in [1.29, 1.82) is 0 Å². The van der Waals surface area contributed by atoms with E-state index in [0.29, 0.717) is 0 Å². The van der Waals surface area contributed by atoms with Crippen LogP contribution in [-0.4, -0.2) is 26.6 Å². The van der Waals surface area contributed by atoms with Crippen LogP contribution in [0.2, 0.25) is 0 Å². The zero-order valence-corrected chi connectivity index (χ0v) is 9.51. The van der Waals surface area contributed by atoms with Gasteiger partial charge in [0.05, 0.1) is 0 Å². The van der Waals surface area contributed by atoms with Crippen LogP contribution in [0.3, 0.4) is 0 Å². The Hall–Kier alpha value is 1.46. The van der Waals surface area contributed by atoms with Crippen molar-refractivity contribution in [2.75, 3.05) is 0 Å². The van der Waals surface area contributed by atoms with Crippen LogP contribution in [0, 0.1) is 39.9 Å². The van der Waals surface area contributed by atoms with Crippen molar-refractivity contribution in [3.05, 3.63) is 0 Å². The monoisotopic (exact) mass is 392 g/mol. The second kappa shape index (κ2) is 12.2. The van der Waals surface area contributed by atoms with Crippen molar-refractivity contribution in [3.8, 4) is 0 Å². The quantitative estimate of drug-likeness (QED) is 0.439. The van der Waals surface area contributed by atoms with Crippen LogP contribution in [0.25, 0.3) is 0 Å². The first kappa shape index (κ1) is 16.8. The smallest absolute Gasteiger partial charge is 0.784 e. The summed E-state index contributed by atoms with van der Waals surface area (Å²) in [5, 5.41) is 0. The minimum atomic E-state index is -3.11. The van der Waals surface area contributed by atoms with E-state index in [-0.39, 0.29) is 39.9 Å². The van der Waals surface area contributed by atoms with Gasteiger partial charge in [0.2, 0.25) is 0 Å². The van der Waals surface area contributed by atoms with Gasteiger partial charge in [-0.1, -0.05) is 0 Å². The van der Waals surface area contributed by atoms with Crippen LogP contribution in [0.1, 0.15) is 0 Å². The fourth-order valence-corrected chi connectivity index (χ4v) is 0. The molecule has 0 aromatic heterocycles. The van der Waals surface area contributed by atoms with E-state index >= 15 is 0 Å². The zero-order chi connectivity index (χ0) is 7.15. The summed E-state index contributed by atoms with van der Waals surface area (Å²) in [6.45, 7) is 0. The SMILES string of the molecule is O=S([O-])[O-].O=S([O-])[O-].[Th+4]. The Labute approximate surface area is 88.3 Å². The summed E-state index contributed by atoms with van der Waals surface area (Å²) in [7, 11) is 0. The van der Waals surface area contributed by atoms with Crippen molar-refractivity contribution in [2.45, 2.75) is 0 Å². The van der Waals surface area contributed by atoms with E-state index in [9.17, 15) is 0 Å². The van der Waals surface area contributed by atoms with Crippen molar-refractivity contribution in [2.24, 2.45) is 0 Å². The fraction of sp³-hybridized carbons (Fsp3) is 0. The molecule has 9 heteroatoms. The van der Waals surface area contributed by atoms with Crippen LogP contribution in [0.5, 0.6) is 0 Å². The minimum absolute atomic E-state index is 0. The summed E-state index contributed by atoms with van der Waals surface area (Å²) < 4.78 is 50.7. The van der Waals surface area contributed by atoms with Gasteiger partial charge in [-0.2, -0.15) is 0 Å². The molecule has 52 valence electrons. The van der Waals surface area contributed by atoms with Crippen LogP contribution >= 0.6 is 0 Å². The number of hydrogen-bond donors (Lipinski definition) is 0. The predicted molar refractivity (Wildman–Crippen MR) is 19.4 cm³/mol. The topological polar surface area (TPSA) is 126 Å². The minimum Gasteiger partial charge on any atom is -0.784 e. The molecule has 0 aliphatic rings. The van der Waals surface area contributed by atoms with E-state index in [1.807, 2.05) is 0 Å². The molecule has 0 radical (unpaired) electrons. The average Bonchev–Trinajstić information content (AvgIpc) is 1.25. The Morgan fingerprint density at radius 1 is 0.778 bits per heavy atom. The summed E-state index contributed by atoms with van der Waals surface area (Å²) in [6, 6.07) is 0. The molecule has 0 unspecified atom stereocenters. The van der Waals surface area contributed by atoms with Gasteiger partial charge in [0.15, 0.2) is 0 Å². The molecule has 9 heavy (non-hydrogen) atoms. The van der Waals surface area contributed by atoms with Gasteiger partial charge in [-0.05, 0) is 0 Å². The second-order valence-corrected chi connectivity index (χ2v) is 1.22. The summed E-state index contributed by atoms with van der Waals surface area (Å²) >= 11 is -6.22. The molecule has 0 aromatic carbocycles. The van der Waals surface area contributed by atoms with Gasteiger partial charge in [-0.15, -0.1) is 22.7 Å². The standard InChI is InChI=1S/2H2O3S.Th/c2*1-4(2)3;/h2*(H2,1,2,3);/q;;+4/p-4. The van der Waals surface area contributed by atoms with E-state index in [4.69, 9.17) is 26.6 Å². The Bertz CT molecular complexity index is 69.1. The van der Waals surface area contributed by atoms with Crippen molar-refractivity contribution in [3.63, 3.8) is 0 Å². The maximum atomic E-state index is 8.44. The van der Waals surface area contributed by atoms with Gasteiger partial charge in [-0.25, -0.2) is 0 Å². The molecule has 0 aliphatic heterocycles. The molecular formula is O6S2Th.